The zero-order chi connectivity index (χ0) is 20.1. The molecule has 0 unspecified atom stereocenters. The van der Waals surface area contributed by atoms with Crippen LogP contribution in [-0.4, -0.2) is 47.7 Å². The maximum absolute atomic E-state index is 12.5. The molecule has 1 saturated heterocycles. The van der Waals surface area contributed by atoms with Gasteiger partial charge < -0.3 is 19.4 Å². The fourth-order valence-electron chi connectivity index (χ4n) is 2.98. The van der Waals surface area contributed by atoms with Crippen molar-refractivity contribution in [3.8, 4) is 11.5 Å². The second kappa shape index (κ2) is 9.11. The SMILES string of the molecule is C[C@@H](Sc1nnc(-c2ccccc2)o1)C(=O)Nc1ccc(N2CCOCC2)cc1. The van der Waals surface area contributed by atoms with Crippen molar-refractivity contribution in [2.24, 2.45) is 0 Å². The number of nitrogens with zero attached hydrogens (tertiary/aromatic N) is 3. The van der Waals surface area contributed by atoms with Crippen LogP contribution in [0.1, 0.15) is 6.92 Å². The Morgan fingerprint density at radius 3 is 2.52 bits per heavy atom. The highest BCUT2D eigenvalue weighted by molar-refractivity contribution is 8.00. The number of amides is 1. The second-order valence-electron chi connectivity index (χ2n) is 6.63. The first-order valence-electron chi connectivity index (χ1n) is 9.48. The van der Waals surface area contributed by atoms with Crippen LogP contribution in [0, 0.1) is 0 Å². The summed E-state index contributed by atoms with van der Waals surface area (Å²) in [7, 11) is 0. The van der Waals surface area contributed by atoms with Gasteiger partial charge in [-0.3, -0.25) is 4.79 Å². The lowest BCUT2D eigenvalue weighted by Gasteiger charge is -2.28. The minimum absolute atomic E-state index is 0.117. The maximum atomic E-state index is 12.5. The molecule has 29 heavy (non-hydrogen) atoms. The smallest absolute Gasteiger partial charge is 0.277 e. The highest BCUT2D eigenvalue weighted by Crippen LogP contribution is 2.27. The number of hydrogen-bond donors (Lipinski definition) is 1. The lowest BCUT2D eigenvalue weighted by Crippen LogP contribution is -2.36. The molecule has 0 radical (unpaired) electrons. The molecule has 2 aromatic carbocycles. The molecule has 1 N–H and O–H groups in total. The summed E-state index contributed by atoms with van der Waals surface area (Å²) < 4.78 is 11.0. The van der Waals surface area contributed by atoms with Crippen LogP contribution in [0.3, 0.4) is 0 Å². The summed E-state index contributed by atoms with van der Waals surface area (Å²) in [4.78, 5) is 14.8. The minimum Gasteiger partial charge on any atom is -0.411 e. The van der Waals surface area contributed by atoms with E-state index in [0.717, 1.165) is 43.2 Å². The lowest BCUT2D eigenvalue weighted by molar-refractivity contribution is -0.115. The molecule has 1 fully saturated rings. The van der Waals surface area contributed by atoms with Crippen LogP contribution in [0.2, 0.25) is 0 Å². The maximum Gasteiger partial charge on any atom is 0.277 e. The van der Waals surface area contributed by atoms with Crippen LogP contribution >= 0.6 is 11.8 Å². The van der Waals surface area contributed by atoms with E-state index in [4.69, 9.17) is 9.15 Å². The van der Waals surface area contributed by atoms with Crippen molar-refractivity contribution in [2.75, 3.05) is 36.5 Å². The Bertz CT molecular complexity index is 940. The van der Waals surface area contributed by atoms with Crippen LogP contribution in [0.15, 0.2) is 64.2 Å². The largest absolute Gasteiger partial charge is 0.411 e. The van der Waals surface area contributed by atoms with Gasteiger partial charge in [0.2, 0.25) is 11.8 Å². The number of carbonyl (C=O) groups excluding carboxylic acids is 1. The normalized spacial score (nSPS) is 15.1. The van der Waals surface area contributed by atoms with Crippen LogP contribution in [0.5, 0.6) is 0 Å². The van der Waals surface area contributed by atoms with Gasteiger partial charge in [0, 0.05) is 30.0 Å². The van der Waals surface area contributed by atoms with Crippen LogP contribution in [0.4, 0.5) is 11.4 Å². The zero-order valence-electron chi connectivity index (χ0n) is 16.1. The lowest BCUT2D eigenvalue weighted by atomic mass is 10.2. The molecular weight excluding hydrogens is 388 g/mol. The first-order chi connectivity index (χ1) is 14.2. The van der Waals surface area contributed by atoms with Crippen molar-refractivity contribution in [1.82, 2.24) is 10.2 Å². The molecular formula is C21H22N4O3S. The first-order valence-corrected chi connectivity index (χ1v) is 10.4. The van der Waals surface area contributed by atoms with Crippen molar-refractivity contribution in [3.05, 3.63) is 54.6 Å². The van der Waals surface area contributed by atoms with E-state index in [1.165, 1.54) is 11.8 Å². The van der Waals surface area contributed by atoms with Crippen LogP contribution < -0.4 is 10.2 Å². The van der Waals surface area contributed by atoms with Gasteiger partial charge in [-0.15, -0.1) is 10.2 Å². The van der Waals surface area contributed by atoms with Crippen LogP contribution in [-0.2, 0) is 9.53 Å². The van der Waals surface area contributed by atoms with Crippen molar-refractivity contribution in [1.29, 1.82) is 0 Å². The number of nitrogens with one attached hydrogen (secondary N) is 1. The van der Waals surface area contributed by atoms with Gasteiger partial charge in [0.1, 0.15) is 0 Å². The average Bonchev–Trinajstić information content (AvgIpc) is 3.24. The third kappa shape index (κ3) is 4.96. The quantitative estimate of drug-likeness (QED) is 0.621. The summed E-state index contributed by atoms with van der Waals surface area (Å²) in [6.45, 7) is 5.07. The van der Waals surface area contributed by atoms with Crippen LogP contribution in [0.25, 0.3) is 11.5 Å². The second-order valence-corrected chi connectivity index (χ2v) is 7.93. The predicted octanol–water partition coefficient (Wildman–Crippen LogP) is 3.69. The molecule has 2 heterocycles. The third-order valence-electron chi connectivity index (χ3n) is 4.59. The first kappa shape index (κ1) is 19.5. The van der Waals surface area contributed by atoms with E-state index in [9.17, 15) is 4.79 Å². The monoisotopic (exact) mass is 410 g/mol. The fourth-order valence-corrected chi connectivity index (χ4v) is 3.66. The summed E-state index contributed by atoms with van der Waals surface area (Å²) >= 11 is 1.24. The molecule has 0 aliphatic carbocycles. The van der Waals surface area contributed by atoms with Gasteiger partial charge in [-0.1, -0.05) is 30.0 Å². The Morgan fingerprint density at radius 1 is 1.07 bits per heavy atom. The molecule has 4 rings (SSSR count). The topological polar surface area (TPSA) is 80.5 Å². The molecule has 7 nitrogen and oxygen atoms in total. The number of benzene rings is 2. The number of anilines is 2. The number of rotatable bonds is 6. The summed E-state index contributed by atoms with van der Waals surface area (Å²) in [6, 6.07) is 17.4. The molecule has 1 amide bonds. The number of aromatic nitrogens is 2. The summed E-state index contributed by atoms with van der Waals surface area (Å²) in [5.41, 5.74) is 2.74. The molecule has 1 atom stereocenters. The molecule has 8 heteroatoms. The number of thioether (sulfide) groups is 1. The Labute approximate surface area is 173 Å². The van der Waals surface area contributed by atoms with Crippen molar-refractivity contribution < 1.29 is 13.9 Å². The van der Waals surface area contributed by atoms with Gasteiger partial charge in [0.05, 0.1) is 18.5 Å². The molecule has 0 bridgehead atoms. The fraction of sp³-hybridized carbons (Fsp3) is 0.286. The van der Waals surface area contributed by atoms with Gasteiger partial charge in [-0.05, 0) is 43.3 Å². The molecule has 1 aliphatic rings. The van der Waals surface area contributed by atoms with E-state index >= 15 is 0 Å². The molecule has 0 spiro atoms. The van der Waals surface area contributed by atoms with Gasteiger partial charge >= 0.3 is 0 Å². The molecule has 1 aromatic heterocycles. The van der Waals surface area contributed by atoms with Gasteiger partial charge in [-0.2, -0.15) is 0 Å². The number of carbonyl (C=O) groups is 1. The van der Waals surface area contributed by atoms with E-state index in [0.29, 0.717) is 11.1 Å². The molecule has 150 valence electrons. The average molecular weight is 410 g/mol. The Hall–Kier alpha value is -2.84. The van der Waals surface area contributed by atoms with Crippen molar-refractivity contribution >= 4 is 29.0 Å². The Balaban J connectivity index is 1.33. The molecule has 3 aromatic rings. The number of ether oxygens (including phenoxy) is 1. The number of morpholine rings is 1. The summed E-state index contributed by atoms with van der Waals surface area (Å²) in [5, 5.41) is 11.0. The molecule has 0 saturated carbocycles. The summed E-state index contributed by atoms with van der Waals surface area (Å²) in [6.07, 6.45) is 0. The van der Waals surface area contributed by atoms with E-state index < -0.39 is 0 Å². The van der Waals surface area contributed by atoms with E-state index in [1.54, 1.807) is 0 Å². The zero-order valence-corrected chi connectivity index (χ0v) is 16.9. The number of hydrogen-bond acceptors (Lipinski definition) is 7. The van der Waals surface area contributed by atoms with E-state index in [-0.39, 0.29) is 11.2 Å². The van der Waals surface area contributed by atoms with Gasteiger partial charge in [0.15, 0.2) is 0 Å². The highest BCUT2D eigenvalue weighted by Gasteiger charge is 2.19. The Morgan fingerprint density at radius 2 is 1.79 bits per heavy atom. The van der Waals surface area contributed by atoms with E-state index in [1.807, 2.05) is 61.5 Å². The van der Waals surface area contributed by atoms with Gasteiger partial charge in [-0.25, -0.2) is 0 Å². The minimum atomic E-state index is -0.377. The predicted molar refractivity (Wildman–Crippen MR) is 113 cm³/mol. The Kier molecular flexibility index (Phi) is 6.12. The highest BCUT2D eigenvalue weighted by atomic mass is 32.2. The van der Waals surface area contributed by atoms with Crippen molar-refractivity contribution in [2.45, 2.75) is 17.4 Å². The third-order valence-corrected chi connectivity index (χ3v) is 5.52. The molecule has 1 aliphatic heterocycles. The van der Waals surface area contributed by atoms with Gasteiger partial charge in [0.25, 0.3) is 5.22 Å². The summed E-state index contributed by atoms with van der Waals surface area (Å²) in [5.74, 6) is 0.327. The standard InChI is InChI=1S/C21H22N4O3S/c1-15(29-21-24-23-20(28-21)16-5-3-2-4-6-16)19(26)22-17-7-9-18(10-8-17)25-11-13-27-14-12-25/h2-10,15H,11-14H2,1H3,(H,22,26)/t15-/m1/s1. The van der Waals surface area contributed by atoms with E-state index in [2.05, 4.69) is 20.4 Å². The van der Waals surface area contributed by atoms with Crippen molar-refractivity contribution in [3.63, 3.8) is 0 Å².